The number of piperazine rings is 2. The molecule has 4 rings (SSSR count). The number of sulfonamides is 1. The molecule has 2 N–H and O–H groups in total. The Bertz CT molecular complexity index is 1150. The quantitative estimate of drug-likeness (QED) is 0.592. The van der Waals surface area contributed by atoms with Gasteiger partial charge in [0.15, 0.2) is 0 Å². The largest absolute Gasteiger partial charge is 0.354 e. The predicted molar refractivity (Wildman–Crippen MR) is 129 cm³/mol. The van der Waals surface area contributed by atoms with E-state index in [1.165, 1.54) is 17.7 Å². The molecule has 0 unspecified atom stereocenters. The fourth-order valence-electron chi connectivity index (χ4n) is 4.15. The topological polar surface area (TPSA) is 102 Å². The third-order valence-corrected chi connectivity index (χ3v) is 8.03. The van der Waals surface area contributed by atoms with E-state index in [1.807, 2.05) is 12.1 Å². The summed E-state index contributed by atoms with van der Waals surface area (Å²) >= 11 is 0. The smallest absolute Gasteiger partial charge is 0.251 e. The van der Waals surface area contributed by atoms with E-state index in [0.29, 0.717) is 6.54 Å². The van der Waals surface area contributed by atoms with Crippen molar-refractivity contribution in [2.75, 3.05) is 52.9 Å². The summed E-state index contributed by atoms with van der Waals surface area (Å²) in [4.78, 5) is 29.1. The first-order valence-corrected chi connectivity index (χ1v) is 12.9. The molecule has 2 aliphatic heterocycles. The van der Waals surface area contributed by atoms with E-state index in [9.17, 15) is 18.0 Å². The third-order valence-electron chi connectivity index (χ3n) is 6.18. The van der Waals surface area contributed by atoms with Gasteiger partial charge in [-0.05, 0) is 36.4 Å². The number of benzene rings is 2. The monoisotopic (exact) mass is 485 g/mol. The van der Waals surface area contributed by atoms with Crippen molar-refractivity contribution in [1.82, 2.24) is 24.7 Å². The van der Waals surface area contributed by atoms with Crippen LogP contribution in [0.1, 0.15) is 21.5 Å². The molecule has 2 heterocycles. The van der Waals surface area contributed by atoms with Crippen LogP contribution in [0.3, 0.4) is 0 Å². The first-order chi connectivity index (χ1) is 16.3. The van der Waals surface area contributed by atoms with Crippen molar-refractivity contribution in [1.29, 1.82) is 0 Å². The van der Waals surface area contributed by atoms with Crippen LogP contribution in [0.2, 0.25) is 0 Å². The second-order valence-electron chi connectivity index (χ2n) is 8.80. The number of nitrogens with zero attached hydrogens (tertiary/aromatic N) is 3. The van der Waals surface area contributed by atoms with Crippen LogP contribution in [-0.4, -0.2) is 87.2 Å². The predicted octanol–water partition coefficient (Wildman–Crippen LogP) is 0.485. The van der Waals surface area contributed by atoms with Crippen LogP contribution >= 0.6 is 0 Å². The lowest BCUT2D eigenvalue weighted by atomic mass is 10.1. The first kappa shape index (κ1) is 24.3. The van der Waals surface area contributed by atoms with Gasteiger partial charge in [0.2, 0.25) is 15.9 Å². The van der Waals surface area contributed by atoms with Gasteiger partial charge in [-0.3, -0.25) is 14.5 Å². The van der Waals surface area contributed by atoms with E-state index in [-0.39, 0.29) is 41.9 Å². The summed E-state index contributed by atoms with van der Waals surface area (Å²) < 4.78 is 27.0. The van der Waals surface area contributed by atoms with Crippen LogP contribution in [0.15, 0.2) is 53.4 Å². The number of carbonyl (C=O) groups excluding carboxylic acids is 2. The summed E-state index contributed by atoms with van der Waals surface area (Å²) in [5.74, 6) is -0.684. The molecule has 0 aliphatic carbocycles. The summed E-state index contributed by atoms with van der Waals surface area (Å²) in [5.41, 5.74) is 2.45. The summed E-state index contributed by atoms with van der Waals surface area (Å²) in [6, 6.07) is 14.1. The zero-order chi connectivity index (χ0) is 24.1. The Labute approximate surface area is 200 Å². The minimum absolute atomic E-state index is 0.00373. The van der Waals surface area contributed by atoms with Crippen LogP contribution in [0, 0.1) is 0 Å². The molecule has 0 radical (unpaired) electrons. The molecule has 0 aromatic heterocycles. The van der Waals surface area contributed by atoms with Gasteiger partial charge in [-0.1, -0.05) is 30.3 Å². The molecule has 0 bridgehead atoms. The van der Waals surface area contributed by atoms with Crippen molar-refractivity contribution >= 4 is 21.8 Å². The van der Waals surface area contributed by atoms with E-state index in [2.05, 4.69) is 39.6 Å². The van der Waals surface area contributed by atoms with Gasteiger partial charge in [0, 0.05) is 57.9 Å². The minimum atomic E-state index is -3.86. The van der Waals surface area contributed by atoms with Crippen LogP contribution in [0.5, 0.6) is 0 Å². The molecule has 9 nitrogen and oxygen atoms in total. The molecule has 0 saturated carbocycles. The highest BCUT2D eigenvalue weighted by atomic mass is 32.2. The van der Waals surface area contributed by atoms with Gasteiger partial charge < -0.3 is 15.5 Å². The van der Waals surface area contributed by atoms with Crippen molar-refractivity contribution in [3.05, 3.63) is 65.2 Å². The van der Waals surface area contributed by atoms with Crippen LogP contribution in [-0.2, 0) is 27.9 Å². The molecule has 2 saturated heterocycles. The Morgan fingerprint density at radius 1 is 1.00 bits per heavy atom. The van der Waals surface area contributed by atoms with Gasteiger partial charge in [0.1, 0.15) is 0 Å². The molecule has 2 aliphatic rings. The molecule has 182 valence electrons. The molecular formula is C24H31N5O4S. The Hall–Kier alpha value is -2.79. The number of amides is 2. The number of rotatable bonds is 7. The van der Waals surface area contributed by atoms with Crippen LogP contribution in [0.4, 0.5) is 0 Å². The SMILES string of the molecule is CN1CCN(Cc2cccc(CNC(=O)c3cccc(S(=O)(=O)N4CCNC(=O)C4)c3)c2)CC1. The van der Waals surface area contributed by atoms with Gasteiger partial charge in [-0.2, -0.15) is 4.31 Å². The van der Waals surface area contributed by atoms with Crippen molar-refractivity contribution in [3.8, 4) is 0 Å². The second-order valence-corrected chi connectivity index (χ2v) is 10.7. The summed E-state index contributed by atoms with van der Waals surface area (Å²) in [6.07, 6.45) is 0. The fraction of sp³-hybridized carbons (Fsp3) is 0.417. The molecule has 2 aromatic rings. The number of hydrogen-bond acceptors (Lipinski definition) is 6. The maximum Gasteiger partial charge on any atom is 0.251 e. The Morgan fingerprint density at radius 2 is 1.74 bits per heavy atom. The minimum Gasteiger partial charge on any atom is -0.354 e. The van der Waals surface area contributed by atoms with E-state index in [4.69, 9.17) is 0 Å². The fourth-order valence-corrected chi connectivity index (χ4v) is 5.60. The second kappa shape index (κ2) is 10.6. The summed E-state index contributed by atoms with van der Waals surface area (Å²) in [5, 5.41) is 5.50. The van der Waals surface area contributed by atoms with Gasteiger partial charge >= 0.3 is 0 Å². The first-order valence-electron chi connectivity index (χ1n) is 11.4. The maximum absolute atomic E-state index is 12.9. The molecule has 0 spiro atoms. The van der Waals surface area contributed by atoms with Gasteiger partial charge in [-0.15, -0.1) is 0 Å². The molecule has 10 heteroatoms. The van der Waals surface area contributed by atoms with Crippen molar-refractivity contribution in [2.45, 2.75) is 18.0 Å². The zero-order valence-electron chi connectivity index (χ0n) is 19.4. The lowest BCUT2D eigenvalue weighted by molar-refractivity contribution is -0.122. The average molecular weight is 486 g/mol. The average Bonchev–Trinajstić information content (AvgIpc) is 2.84. The normalized spacial score (nSPS) is 18.4. The van der Waals surface area contributed by atoms with Crippen LogP contribution < -0.4 is 10.6 Å². The third kappa shape index (κ3) is 6.01. The zero-order valence-corrected chi connectivity index (χ0v) is 20.2. The number of hydrogen-bond donors (Lipinski definition) is 2. The van der Waals surface area contributed by atoms with Gasteiger partial charge in [-0.25, -0.2) is 8.42 Å². The van der Waals surface area contributed by atoms with Crippen molar-refractivity contribution in [2.24, 2.45) is 0 Å². The summed E-state index contributed by atoms with van der Waals surface area (Å²) in [7, 11) is -1.72. The van der Waals surface area contributed by atoms with Crippen LogP contribution in [0.25, 0.3) is 0 Å². The Kier molecular flexibility index (Phi) is 7.62. The maximum atomic E-state index is 12.9. The summed E-state index contributed by atoms with van der Waals surface area (Å²) in [6.45, 7) is 5.69. The van der Waals surface area contributed by atoms with Gasteiger partial charge in [0.05, 0.1) is 11.4 Å². The number of carbonyl (C=O) groups is 2. The lowest BCUT2D eigenvalue weighted by Gasteiger charge is -2.32. The van der Waals surface area contributed by atoms with Gasteiger partial charge in [0.25, 0.3) is 5.91 Å². The highest BCUT2D eigenvalue weighted by Crippen LogP contribution is 2.18. The molecular weight excluding hydrogens is 454 g/mol. The van der Waals surface area contributed by atoms with E-state index < -0.39 is 10.0 Å². The lowest BCUT2D eigenvalue weighted by Crippen LogP contribution is -2.49. The Balaban J connectivity index is 1.38. The van der Waals surface area contributed by atoms with Crippen molar-refractivity contribution < 1.29 is 18.0 Å². The highest BCUT2D eigenvalue weighted by Gasteiger charge is 2.29. The van der Waals surface area contributed by atoms with E-state index >= 15 is 0 Å². The molecule has 2 amide bonds. The standard InChI is InChI=1S/C24H31N5O4S/c1-27-10-12-28(13-11-27)17-20-5-2-4-19(14-20)16-26-24(31)21-6-3-7-22(15-21)34(32,33)29-9-8-25-23(30)18-29/h2-7,14-15H,8-13,16-18H2,1H3,(H,25,30)(H,26,31). The number of nitrogens with one attached hydrogen (secondary N) is 2. The number of likely N-dealkylation sites (N-methyl/N-ethyl adjacent to an activating group) is 1. The Morgan fingerprint density at radius 3 is 2.50 bits per heavy atom. The molecule has 2 fully saturated rings. The molecule has 34 heavy (non-hydrogen) atoms. The van der Waals surface area contributed by atoms with E-state index in [0.717, 1.165) is 42.6 Å². The van der Waals surface area contributed by atoms with E-state index in [1.54, 1.807) is 12.1 Å². The molecule has 0 atom stereocenters. The molecule has 2 aromatic carbocycles. The van der Waals surface area contributed by atoms with Crippen molar-refractivity contribution in [3.63, 3.8) is 0 Å². The highest BCUT2D eigenvalue weighted by molar-refractivity contribution is 7.89.